The molecule has 0 aliphatic heterocycles. The van der Waals surface area contributed by atoms with Gasteiger partial charge < -0.3 is 10.1 Å². The molecule has 0 saturated heterocycles. The second-order valence-corrected chi connectivity index (χ2v) is 10.6. The summed E-state index contributed by atoms with van der Waals surface area (Å²) in [5.41, 5.74) is 3.90. The summed E-state index contributed by atoms with van der Waals surface area (Å²) >= 11 is 5.99. The summed E-state index contributed by atoms with van der Waals surface area (Å²) in [7, 11) is -2.36. The van der Waals surface area contributed by atoms with E-state index in [2.05, 4.69) is 5.32 Å². The Labute approximate surface area is 206 Å². The summed E-state index contributed by atoms with van der Waals surface area (Å²) < 4.78 is 33.8. The number of hydrogen-bond acceptors (Lipinski definition) is 4. The van der Waals surface area contributed by atoms with Gasteiger partial charge in [-0.15, -0.1) is 0 Å². The minimum atomic E-state index is -3.95. The number of rotatable bonds is 9. The molecule has 3 aromatic rings. The van der Waals surface area contributed by atoms with Gasteiger partial charge >= 0.3 is 0 Å². The highest BCUT2D eigenvalue weighted by molar-refractivity contribution is 7.89. The molecule has 34 heavy (non-hydrogen) atoms. The molecule has 0 aromatic heterocycles. The molecular formula is C26H29ClN2O4S. The number of benzene rings is 3. The van der Waals surface area contributed by atoms with Crippen molar-refractivity contribution in [3.63, 3.8) is 0 Å². The molecule has 0 fully saturated rings. The smallest absolute Gasteiger partial charge is 0.244 e. The van der Waals surface area contributed by atoms with Crippen molar-refractivity contribution in [2.75, 3.05) is 13.7 Å². The Kier molecular flexibility index (Phi) is 8.36. The average Bonchev–Trinajstić information content (AvgIpc) is 2.78. The van der Waals surface area contributed by atoms with Crippen molar-refractivity contribution in [1.82, 2.24) is 9.62 Å². The number of ether oxygens (including phenoxy) is 1. The van der Waals surface area contributed by atoms with Crippen LogP contribution in [-0.2, 0) is 27.9 Å². The van der Waals surface area contributed by atoms with Crippen molar-refractivity contribution in [1.29, 1.82) is 0 Å². The summed E-state index contributed by atoms with van der Waals surface area (Å²) in [6.07, 6.45) is 0. The normalized spacial score (nSPS) is 11.5. The zero-order valence-electron chi connectivity index (χ0n) is 19.8. The molecule has 3 aromatic carbocycles. The number of aryl methyl sites for hydroxylation is 3. The lowest BCUT2D eigenvalue weighted by Crippen LogP contribution is -2.40. The van der Waals surface area contributed by atoms with Crippen molar-refractivity contribution in [2.45, 2.75) is 38.8 Å². The molecule has 6 nitrogen and oxygen atoms in total. The molecular weight excluding hydrogens is 472 g/mol. The molecule has 0 aliphatic carbocycles. The van der Waals surface area contributed by atoms with Crippen LogP contribution in [-0.4, -0.2) is 32.3 Å². The summed E-state index contributed by atoms with van der Waals surface area (Å²) in [5, 5.41) is 3.37. The first-order chi connectivity index (χ1) is 16.1. The van der Waals surface area contributed by atoms with E-state index in [-0.39, 0.29) is 24.5 Å². The Balaban J connectivity index is 1.85. The topological polar surface area (TPSA) is 75.7 Å². The number of hydrogen-bond donors (Lipinski definition) is 1. The minimum absolute atomic E-state index is 0.0439. The van der Waals surface area contributed by atoms with Gasteiger partial charge in [0.05, 0.1) is 18.6 Å². The maximum absolute atomic E-state index is 13.7. The van der Waals surface area contributed by atoms with Gasteiger partial charge in [0.2, 0.25) is 15.9 Å². The monoisotopic (exact) mass is 500 g/mol. The number of carbonyl (C=O) groups excluding carboxylic acids is 1. The van der Waals surface area contributed by atoms with E-state index in [4.69, 9.17) is 16.3 Å². The van der Waals surface area contributed by atoms with Gasteiger partial charge in [-0.1, -0.05) is 53.6 Å². The first-order valence-electron chi connectivity index (χ1n) is 10.8. The molecule has 0 heterocycles. The van der Waals surface area contributed by atoms with Crippen LogP contribution in [0.1, 0.15) is 27.8 Å². The van der Waals surface area contributed by atoms with Crippen LogP contribution in [0.5, 0.6) is 5.75 Å². The average molecular weight is 501 g/mol. The highest BCUT2D eigenvalue weighted by Crippen LogP contribution is 2.26. The SMILES string of the molecule is COc1ccc(CNC(=O)CN(Cc2ccc(Cl)cc2)S(=O)(=O)c2c(C)cc(C)cc2C)cc1. The van der Waals surface area contributed by atoms with Crippen LogP contribution in [0.4, 0.5) is 0 Å². The Morgan fingerprint density at radius 3 is 2.06 bits per heavy atom. The third kappa shape index (κ3) is 6.38. The highest BCUT2D eigenvalue weighted by atomic mass is 35.5. The van der Waals surface area contributed by atoms with Gasteiger partial charge in [-0.05, 0) is 67.3 Å². The van der Waals surface area contributed by atoms with Crippen LogP contribution in [0.2, 0.25) is 5.02 Å². The molecule has 1 N–H and O–H groups in total. The molecule has 0 saturated carbocycles. The number of methoxy groups -OCH3 is 1. The largest absolute Gasteiger partial charge is 0.497 e. The standard InChI is InChI=1S/C26H29ClN2O4S/c1-18-13-19(2)26(20(3)14-18)34(31,32)29(16-22-5-9-23(27)10-6-22)17-25(30)28-15-21-7-11-24(33-4)12-8-21/h5-14H,15-17H2,1-4H3,(H,28,30). The fourth-order valence-corrected chi connectivity index (χ4v) is 5.80. The fourth-order valence-electron chi connectivity index (χ4n) is 3.88. The Morgan fingerprint density at radius 1 is 0.941 bits per heavy atom. The highest BCUT2D eigenvalue weighted by Gasteiger charge is 2.30. The van der Waals surface area contributed by atoms with Crippen molar-refractivity contribution in [2.24, 2.45) is 0 Å². The molecule has 0 radical (unpaired) electrons. The lowest BCUT2D eigenvalue weighted by atomic mass is 10.1. The van der Waals surface area contributed by atoms with Crippen LogP contribution in [0, 0.1) is 20.8 Å². The van der Waals surface area contributed by atoms with Gasteiger partial charge in [0.15, 0.2) is 0 Å². The van der Waals surface area contributed by atoms with Crippen molar-refractivity contribution < 1.29 is 17.9 Å². The van der Waals surface area contributed by atoms with E-state index in [1.165, 1.54) is 4.31 Å². The lowest BCUT2D eigenvalue weighted by Gasteiger charge is -2.24. The quantitative estimate of drug-likeness (QED) is 0.458. The third-order valence-electron chi connectivity index (χ3n) is 5.44. The summed E-state index contributed by atoms with van der Waals surface area (Å²) in [5.74, 6) is 0.329. The molecule has 180 valence electrons. The van der Waals surface area contributed by atoms with Crippen LogP contribution in [0.3, 0.4) is 0 Å². The summed E-state index contributed by atoms with van der Waals surface area (Å²) in [4.78, 5) is 13.1. The second kappa shape index (κ2) is 11.0. The number of sulfonamides is 1. The number of carbonyl (C=O) groups is 1. The first-order valence-corrected chi connectivity index (χ1v) is 12.6. The molecule has 0 unspecified atom stereocenters. The summed E-state index contributed by atoms with van der Waals surface area (Å²) in [6, 6.07) is 17.9. The van der Waals surface area contributed by atoms with Gasteiger partial charge in [0.1, 0.15) is 5.75 Å². The predicted octanol–water partition coefficient (Wildman–Crippen LogP) is 4.78. The number of amides is 1. The molecule has 3 rings (SSSR count). The number of nitrogens with zero attached hydrogens (tertiary/aromatic N) is 1. The van der Waals surface area contributed by atoms with Gasteiger partial charge in [-0.3, -0.25) is 4.79 Å². The van der Waals surface area contributed by atoms with E-state index in [1.807, 2.05) is 43.3 Å². The van der Waals surface area contributed by atoms with E-state index < -0.39 is 15.9 Å². The molecule has 1 amide bonds. The van der Waals surface area contributed by atoms with Gasteiger partial charge in [0, 0.05) is 18.1 Å². The Bertz CT molecular complexity index is 1230. The predicted molar refractivity (Wildman–Crippen MR) is 135 cm³/mol. The third-order valence-corrected chi connectivity index (χ3v) is 7.79. The van der Waals surface area contributed by atoms with E-state index in [1.54, 1.807) is 45.2 Å². The van der Waals surface area contributed by atoms with E-state index in [9.17, 15) is 13.2 Å². The number of nitrogens with one attached hydrogen (secondary N) is 1. The minimum Gasteiger partial charge on any atom is -0.497 e. The molecule has 0 aliphatic rings. The van der Waals surface area contributed by atoms with Crippen molar-refractivity contribution in [3.8, 4) is 5.75 Å². The van der Waals surface area contributed by atoms with Crippen LogP contribution < -0.4 is 10.1 Å². The van der Waals surface area contributed by atoms with E-state index >= 15 is 0 Å². The van der Waals surface area contributed by atoms with E-state index in [0.717, 1.165) is 22.4 Å². The Morgan fingerprint density at radius 2 is 1.50 bits per heavy atom. The zero-order valence-corrected chi connectivity index (χ0v) is 21.3. The van der Waals surface area contributed by atoms with Gasteiger partial charge in [-0.25, -0.2) is 8.42 Å². The second-order valence-electron chi connectivity index (χ2n) is 8.25. The molecule has 0 bridgehead atoms. The maximum atomic E-state index is 13.7. The molecule has 0 spiro atoms. The maximum Gasteiger partial charge on any atom is 0.244 e. The van der Waals surface area contributed by atoms with Crippen molar-refractivity contribution >= 4 is 27.5 Å². The molecule has 0 atom stereocenters. The first kappa shape index (κ1) is 25.7. The van der Waals surface area contributed by atoms with Gasteiger partial charge in [-0.2, -0.15) is 4.31 Å². The van der Waals surface area contributed by atoms with Crippen molar-refractivity contribution in [3.05, 3.63) is 93.5 Å². The van der Waals surface area contributed by atoms with Gasteiger partial charge in [0.25, 0.3) is 0 Å². The van der Waals surface area contributed by atoms with E-state index in [0.29, 0.717) is 16.1 Å². The fraction of sp³-hybridized carbons (Fsp3) is 0.269. The number of halogens is 1. The molecule has 8 heteroatoms. The van der Waals surface area contributed by atoms with Crippen LogP contribution in [0.15, 0.2) is 65.6 Å². The zero-order chi connectivity index (χ0) is 24.9. The summed E-state index contributed by atoms with van der Waals surface area (Å²) in [6.45, 7) is 5.49. The lowest BCUT2D eigenvalue weighted by molar-refractivity contribution is -0.121. The van der Waals surface area contributed by atoms with Crippen LogP contribution in [0.25, 0.3) is 0 Å². The van der Waals surface area contributed by atoms with Crippen LogP contribution >= 0.6 is 11.6 Å². The Hall–Kier alpha value is -2.87.